The molecule has 0 unspecified atom stereocenters. The molecule has 3 aromatic rings. The molecular weight excluding hydrogens is 438 g/mol. The summed E-state index contributed by atoms with van der Waals surface area (Å²) in [5, 5.41) is 11.1. The number of carbonyl (C=O) groups is 2. The van der Waals surface area contributed by atoms with Crippen LogP contribution in [0.1, 0.15) is 35.9 Å². The molecule has 1 fully saturated rings. The summed E-state index contributed by atoms with van der Waals surface area (Å²) in [6, 6.07) is 17.5. The molecule has 2 aliphatic heterocycles. The molecule has 3 heterocycles. The first-order valence-corrected chi connectivity index (χ1v) is 10.9. The van der Waals surface area contributed by atoms with Crippen LogP contribution in [0.5, 0.6) is 0 Å². The van der Waals surface area contributed by atoms with Crippen molar-refractivity contribution in [1.29, 1.82) is 0 Å². The Morgan fingerprint density at radius 3 is 2.44 bits per heavy atom. The summed E-state index contributed by atoms with van der Waals surface area (Å²) < 4.78 is 10.8. The third-order valence-corrected chi connectivity index (χ3v) is 6.39. The largest absolute Gasteiger partial charge is 0.463 e. The third kappa shape index (κ3) is 3.64. The lowest BCUT2D eigenvalue weighted by Crippen LogP contribution is -2.42. The first-order valence-electron chi connectivity index (χ1n) is 10.9. The van der Waals surface area contributed by atoms with Crippen LogP contribution in [0.15, 0.2) is 82.4 Å². The minimum atomic E-state index is -0.724. The van der Waals surface area contributed by atoms with E-state index in [2.05, 4.69) is 0 Å². The van der Waals surface area contributed by atoms with E-state index in [1.165, 1.54) is 23.3 Å². The van der Waals surface area contributed by atoms with Crippen LogP contribution in [-0.2, 0) is 9.53 Å². The fraction of sp³-hybridized carbons (Fsp3) is 0.240. The number of imide groups is 1. The van der Waals surface area contributed by atoms with Gasteiger partial charge in [-0.05, 0) is 23.3 Å². The molecule has 4 atom stereocenters. The fourth-order valence-electron chi connectivity index (χ4n) is 4.67. The van der Waals surface area contributed by atoms with Crippen LogP contribution in [0.4, 0.5) is 10.5 Å². The van der Waals surface area contributed by atoms with Gasteiger partial charge in [0.1, 0.15) is 18.4 Å². The van der Waals surface area contributed by atoms with E-state index in [1.54, 1.807) is 24.3 Å². The molecule has 2 aromatic carbocycles. The van der Waals surface area contributed by atoms with E-state index in [0.717, 1.165) is 5.56 Å². The van der Waals surface area contributed by atoms with Gasteiger partial charge in [-0.3, -0.25) is 19.9 Å². The Balaban J connectivity index is 1.54. The minimum Gasteiger partial charge on any atom is -0.463 e. The number of hydrogen-bond acceptors (Lipinski definition) is 7. The van der Waals surface area contributed by atoms with Crippen molar-refractivity contribution in [2.75, 3.05) is 6.61 Å². The van der Waals surface area contributed by atoms with Crippen LogP contribution in [-0.4, -0.2) is 34.1 Å². The molecule has 0 aliphatic carbocycles. The van der Waals surface area contributed by atoms with Gasteiger partial charge in [0.2, 0.25) is 5.91 Å². The molecule has 172 valence electrons. The molecule has 0 radical (unpaired) electrons. The second-order valence-electron chi connectivity index (χ2n) is 8.31. The number of nitrogens with zero attached hydrogens (tertiary/aromatic N) is 3. The topological polar surface area (TPSA) is 115 Å². The number of cyclic esters (lactones) is 1. The molecule has 2 aliphatic rings. The van der Waals surface area contributed by atoms with Crippen LogP contribution in [0, 0.1) is 22.0 Å². The van der Waals surface area contributed by atoms with E-state index < -0.39 is 34.9 Å². The van der Waals surface area contributed by atoms with Crippen molar-refractivity contribution in [3.63, 3.8) is 0 Å². The van der Waals surface area contributed by atoms with Crippen LogP contribution >= 0.6 is 0 Å². The van der Waals surface area contributed by atoms with Gasteiger partial charge in [0, 0.05) is 18.1 Å². The van der Waals surface area contributed by atoms with Crippen molar-refractivity contribution in [3.8, 4) is 0 Å². The zero-order valence-electron chi connectivity index (χ0n) is 18.2. The average molecular weight is 459 g/mol. The minimum absolute atomic E-state index is 0.0554. The molecule has 0 spiro atoms. The number of non-ortho nitro benzene ring substituents is 1. The van der Waals surface area contributed by atoms with E-state index in [0.29, 0.717) is 17.0 Å². The number of amides is 2. The molecular formula is C25H21N3O6. The van der Waals surface area contributed by atoms with E-state index in [4.69, 9.17) is 14.1 Å². The molecule has 1 aromatic heterocycles. The van der Waals surface area contributed by atoms with Crippen molar-refractivity contribution in [2.24, 2.45) is 16.8 Å². The summed E-state index contributed by atoms with van der Waals surface area (Å²) in [6.07, 6.45) is 0.837. The van der Waals surface area contributed by atoms with Gasteiger partial charge in [0.25, 0.3) is 5.69 Å². The third-order valence-electron chi connectivity index (χ3n) is 6.39. The van der Waals surface area contributed by atoms with Crippen molar-refractivity contribution in [2.45, 2.75) is 19.0 Å². The van der Waals surface area contributed by atoms with Gasteiger partial charge >= 0.3 is 6.09 Å². The van der Waals surface area contributed by atoms with Gasteiger partial charge in [-0.15, -0.1) is 0 Å². The Morgan fingerprint density at radius 1 is 1.06 bits per heavy atom. The Hall–Kier alpha value is -4.27. The van der Waals surface area contributed by atoms with Gasteiger partial charge in [0.15, 0.2) is 0 Å². The number of aliphatic imine (C=N–C) groups is 1. The van der Waals surface area contributed by atoms with Crippen molar-refractivity contribution in [3.05, 3.63) is 100.0 Å². The highest BCUT2D eigenvalue weighted by Gasteiger charge is 2.49. The predicted octanol–water partition coefficient (Wildman–Crippen LogP) is 4.70. The maximum absolute atomic E-state index is 13.9. The summed E-state index contributed by atoms with van der Waals surface area (Å²) in [6.45, 7) is 1.94. The zero-order chi connectivity index (χ0) is 23.8. The Labute approximate surface area is 194 Å². The lowest BCUT2D eigenvalue weighted by molar-refractivity contribution is -0.384. The number of carbonyl (C=O) groups excluding carboxylic acids is 2. The number of nitro groups is 1. The number of benzene rings is 2. The standard InChI is InChI=1S/C25H21N3O6/c1-15-21(24(29)27-19(14-34-25(27)30)16-6-3-2-4-7-16)23(26-22(15)20-8-5-13-33-20)17-9-11-18(12-10-17)28(31)32/h2-13,15,19,21,23H,14H2,1H3/t15-,19+,21-,23-/m0/s1. The van der Waals surface area contributed by atoms with Crippen LogP contribution in [0.3, 0.4) is 0 Å². The summed E-state index contributed by atoms with van der Waals surface area (Å²) in [4.78, 5) is 43.2. The lowest BCUT2D eigenvalue weighted by atomic mass is 9.83. The number of ether oxygens (including phenoxy) is 1. The van der Waals surface area contributed by atoms with E-state index in [9.17, 15) is 19.7 Å². The first-order chi connectivity index (χ1) is 16.5. The second-order valence-corrected chi connectivity index (χ2v) is 8.31. The fourth-order valence-corrected chi connectivity index (χ4v) is 4.67. The quantitative estimate of drug-likeness (QED) is 0.403. The van der Waals surface area contributed by atoms with E-state index >= 15 is 0 Å². The van der Waals surface area contributed by atoms with Gasteiger partial charge in [-0.2, -0.15) is 0 Å². The number of hydrogen-bond donors (Lipinski definition) is 0. The molecule has 34 heavy (non-hydrogen) atoms. The Kier molecular flexibility index (Phi) is 5.45. The lowest BCUT2D eigenvalue weighted by Gasteiger charge is -2.28. The highest BCUT2D eigenvalue weighted by atomic mass is 16.6. The molecule has 9 heteroatoms. The van der Waals surface area contributed by atoms with Crippen LogP contribution < -0.4 is 0 Å². The zero-order valence-corrected chi connectivity index (χ0v) is 18.2. The molecule has 1 saturated heterocycles. The highest BCUT2D eigenvalue weighted by molar-refractivity contribution is 6.06. The molecule has 0 saturated carbocycles. The first kappa shape index (κ1) is 21.6. The van der Waals surface area contributed by atoms with Gasteiger partial charge in [0.05, 0.1) is 28.9 Å². The summed E-state index contributed by atoms with van der Waals surface area (Å²) >= 11 is 0. The summed E-state index contributed by atoms with van der Waals surface area (Å²) in [5.41, 5.74) is 1.99. The predicted molar refractivity (Wildman–Crippen MR) is 121 cm³/mol. The van der Waals surface area contributed by atoms with Gasteiger partial charge < -0.3 is 9.15 Å². The normalized spacial score (nSPS) is 24.1. The van der Waals surface area contributed by atoms with Gasteiger partial charge in [-0.1, -0.05) is 49.4 Å². The van der Waals surface area contributed by atoms with E-state index in [-0.39, 0.29) is 18.2 Å². The molecule has 0 N–H and O–H groups in total. The van der Waals surface area contributed by atoms with Crippen molar-refractivity contribution >= 4 is 23.4 Å². The summed E-state index contributed by atoms with van der Waals surface area (Å²) in [5.74, 6) is -0.960. The van der Waals surface area contributed by atoms with Crippen molar-refractivity contribution in [1.82, 2.24) is 4.90 Å². The van der Waals surface area contributed by atoms with E-state index in [1.807, 2.05) is 37.3 Å². The average Bonchev–Trinajstić information content (AvgIpc) is 3.58. The van der Waals surface area contributed by atoms with Crippen molar-refractivity contribution < 1.29 is 23.7 Å². The molecule has 2 amide bonds. The molecule has 5 rings (SSSR count). The maximum atomic E-state index is 13.9. The smallest absolute Gasteiger partial charge is 0.417 e. The van der Waals surface area contributed by atoms with Crippen LogP contribution in [0.25, 0.3) is 0 Å². The Morgan fingerprint density at radius 2 is 1.79 bits per heavy atom. The second kappa shape index (κ2) is 8.58. The molecule has 0 bridgehead atoms. The molecule has 9 nitrogen and oxygen atoms in total. The Bertz CT molecular complexity index is 1250. The summed E-state index contributed by atoms with van der Waals surface area (Å²) in [7, 11) is 0. The number of furan rings is 1. The van der Waals surface area contributed by atoms with Gasteiger partial charge in [-0.25, -0.2) is 9.69 Å². The van der Waals surface area contributed by atoms with Crippen LogP contribution in [0.2, 0.25) is 0 Å². The maximum Gasteiger partial charge on any atom is 0.417 e. The number of nitro benzene ring substituents is 1. The highest BCUT2D eigenvalue weighted by Crippen LogP contribution is 2.43. The monoisotopic (exact) mass is 459 g/mol. The SMILES string of the molecule is C[C@@H]1C(c2ccco2)=N[C@@H](c2ccc([N+](=O)[O-])cc2)[C@H]1C(=O)N1C(=O)OC[C@@H]1c1ccccc1. The number of rotatable bonds is 5.